The Hall–Kier alpha value is -1.96. The maximum Gasteiger partial charge on any atom is 0.266 e. The summed E-state index contributed by atoms with van der Waals surface area (Å²) in [6.07, 6.45) is 13.6. The standard InChI is InChI=1S/C31H36BrClN2O3S/c1-2-37-27-18-22(17-26(33)29(27)38-20-21-13-15-23(32)16-14-21)19-28-30(36)35(25-11-7-4-8-12-25)31(39-28)34-24-9-5-3-6-10-24/h13-19,24-25H,2-12,20H2,1H3. The predicted molar refractivity (Wildman–Crippen MR) is 165 cm³/mol. The van der Waals surface area contributed by atoms with Gasteiger partial charge in [0.2, 0.25) is 0 Å². The lowest BCUT2D eigenvalue weighted by atomic mass is 9.94. The fourth-order valence-electron chi connectivity index (χ4n) is 5.57. The topological polar surface area (TPSA) is 51.1 Å². The summed E-state index contributed by atoms with van der Waals surface area (Å²) in [7, 11) is 0. The van der Waals surface area contributed by atoms with Crippen molar-refractivity contribution in [3.63, 3.8) is 0 Å². The van der Waals surface area contributed by atoms with Crippen LogP contribution in [0.25, 0.3) is 6.08 Å². The van der Waals surface area contributed by atoms with E-state index in [9.17, 15) is 4.79 Å². The monoisotopic (exact) mass is 630 g/mol. The summed E-state index contributed by atoms with van der Waals surface area (Å²) < 4.78 is 13.0. The van der Waals surface area contributed by atoms with Crippen LogP contribution in [0.3, 0.4) is 0 Å². The van der Waals surface area contributed by atoms with Crippen molar-refractivity contribution in [1.82, 2.24) is 4.90 Å². The highest BCUT2D eigenvalue weighted by atomic mass is 79.9. The first-order valence-corrected chi connectivity index (χ1v) is 16.1. The van der Waals surface area contributed by atoms with Crippen molar-refractivity contribution in [2.45, 2.75) is 89.8 Å². The number of benzene rings is 2. The number of carbonyl (C=O) groups is 1. The molecule has 0 unspecified atom stereocenters. The third kappa shape index (κ3) is 7.22. The first-order valence-electron chi connectivity index (χ1n) is 14.2. The number of thioether (sulfide) groups is 1. The van der Waals surface area contributed by atoms with Crippen LogP contribution in [0.4, 0.5) is 0 Å². The van der Waals surface area contributed by atoms with Gasteiger partial charge in [0.15, 0.2) is 16.7 Å². The number of carbonyl (C=O) groups excluding carboxylic acids is 1. The number of aliphatic imine (C=N–C) groups is 1. The molecule has 0 N–H and O–H groups in total. The summed E-state index contributed by atoms with van der Waals surface area (Å²) in [5.41, 5.74) is 1.85. The van der Waals surface area contributed by atoms with Gasteiger partial charge in [-0.05, 0) is 85.8 Å². The van der Waals surface area contributed by atoms with Gasteiger partial charge in [0.25, 0.3) is 5.91 Å². The fourth-order valence-corrected chi connectivity index (χ4v) is 7.21. The molecule has 39 heavy (non-hydrogen) atoms. The number of hydrogen-bond acceptors (Lipinski definition) is 5. The van der Waals surface area contributed by atoms with Gasteiger partial charge in [-0.1, -0.05) is 78.2 Å². The maximum absolute atomic E-state index is 13.8. The van der Waals surface area contributed by atoms with Gasteiger partial charge in [0.05, 0.1) is 22.6 Å². The second-order valence-electron chi connectivity index (χ2n) is 10.5. The number of nitrogens with zero attached hydrogens (tertiary/aromatic N) is 2. The summed E-state index contributed by atoms with van der Waals surface area (Å²) in [4.78, 5) is 21.6. The molecule has 2 aromatic carbocycles. The number of rotatable bonds is 8. The minimum Gasteiger partial charge on any atom is -0.490 e. The molecule has 3 fully saturated rings. The number of halogens is 2. The van der Waals surface area contributed by atoms with E-state index < -0.39 is 0 Å². The Morgan fingerprint density at radius 2 is 1.72 bits per heavy atom. The zero-order chi connectivity index (χ0) is 27.2. The Morgan fingerprint density at radius 3 is 2.41 bits per heavy atom. The van der Waals surface area contributed by atoms with Crippen LogP contribution in [0.15, 0.2) is 50.8 Å². The van der Waals surface area contributed by atoms with Crippen LogP contribution >= 0.6 is 39.3 Å². The quantitative estimate of drug-likeness (QED) is 0.273. The van der Waals surface area contributed by atoms with E-state index in [2.05, 4.69) is 15.9 Å². The van der Waals surface area contributed by atoms with Crippen LogP contribution < -0.4 is 9.47 Å². The molecule has 208 valence electrons. The van der Waals surface area contributed by atoms with Crippen molar-refractivity contribution >= 4 is 56.4 Å². The first kappa shape index (κ1) is 28.6. The van der Waals surface area contributed by atoms with Gasteiger partial charge in [-0.2, -0.15) is 0 Å². The predicted octanol–water partition coefficient (Wildman–Crippen LogP) is 9.02. The number of amides is 1. The highest BCUT2D eigenvalue weighted by Gasteiger charge is 2.39. The van der Waals surface area contributed by atoms with Gasteiger partial charge in [-0.25, -0.2) is 0 Å². The van der Waals surface area contributed by atoms with Crippen molar-refractivity contribution in [2.75, 3.05) is 6.61 Å². The fraction of sp³-hybridized carbons (Fsp3) is 0.484. The van der Waals surface area contributed by atoms with Crippen molar-refractivity contribution in [3.05, 3.63) is 61.9 Å². The third-order valence-corrected chi connectivity index (χ3v) is 9.38. The van der Waals surface area contributed by atoms with Crippen molar-refractivity contribution in [3.8, 4) is 11.5 Å². The Morgan fingerprint density at radius 1 is 1.03 bits per heavy atom. The lowest BCUT2D eigenvalue weighted by Crippen LogP contribution is -2.41. The van der Waals surface area contributed by atoms with Gasteiger partial charge >= 0.3 is 0 Å². The molecule has 1 aliphatic heterocycles. The van der Waals surface area contributed by atoms with Gasteiger partial charge in [-0.3, -0.25) is 14.7 Å². The van der Waals surface area contributed by atoms with Crippen LogP contribution in [0, 0.1) is 0 Å². The summed E-state index contributed by atoms with van der Waals surface area (Å²) in [5.74, 6) is 1.15. The molecule has 2 saturated carbocycles. The molecule has 1 amide bonds. The minimum atomic E-state index is 0.0612. The van der Waals surface area contributed by atoms with E-state index in [1.165, 1.54) is 50.3 Å². The highest BCUT2D eigenvalue weighted by molar-refractivity contribution is 9.10. The van der Waals surface area contributed by atoms with Crippen LogP contribution in [-0.4, -0.2) is 34.7 Å². The normalized spacial score (nSPS) is 21.2. The van der Waals surface area contributed by atoms with Crippen molar-refractivity contribution < 1.29 is 14.3 Å². The van der Waals surface area contributed by atoms with E-state index >= 15 is 0 Å². The van der Waals surface area contributed by atoms with Crippen LogP contribution in [0.1, 0.15) is 82.3 Å². The van der Waals surface area contributed by atoms with Crippen LogP contribution in [-0.2, 0) is 11.4 Å². The molecular formula is C31H36BrClN2O3S. The molecule has 1 saturated heterocycles. The highest BCUT2D eigenvalue weighted by Crippen LogP contribution is 2.41. The average molecular weight is 632 g/mol. The summed E-state index contributed by atoms with van der Waals surface area (Å²) in [6.45, 7) is 2.79. The second-order valence-corrected chi connectivity index (χ2v) is 12.8. The average Bonchev–Trinajstić information content (AvgIpc) is 3.24. The third-order valence-electron chi connectivity index (χ3n) is 7.57. The Bertz CT molecular complexity index is 1220. The molecule has 0 aromatic heterocycles. The van der Waals surface area contributed by atoms with Crippen LogP contribution in [0.2, 0.25) is 5.02 Å². The maximum atomic E-state index is 13.8. The minimum absolute atomic E-state index is 0.0612. The van der Waals surface area contributed by atoms with Gasteiger partial charge in [0.1, 0.15) is 6.61 Å². The summed E-state index contributed by atoms with van der Waals surface area (Å²) >= 11 is 11.7. The lowest BCUT2D eigenvalue weighted by molar-refractivity contribution is -0.124. The van der Waals surface area contributed by atoms with Gasteiger partial charge in [-0.15, -0.1) is 0 Å². The Balaban J connectivity index is 1.41. The largest absolute Gasteiger partial charge is 0.490 e. The SMILES string of the molecule is CCOc1cc(C=C2SC(=NC3CCCCC3)N(C3CCCCC3)C2=O)cc(Cl)c1OCc1ccc(Br)cc1. The molecular weight excluding hydrogens is 596 g/mol. The number of amidine groups is 1. The molecule has 2 aliphatic carbocycles. The number of ether oxygens (including phenoxy) is 2. The van der Waals surface area contributed by atoms with Gasteiger partial charge < -0.3 is 9.47 Å². The van der Waals surface area contributed by atoms with E-state index in [-0.39, 0.29) is 11.9 Å². The Kier molecular flexibility index (Phi) is 9.96. The van der Waals surface area contributed by atoms with E-state index in [0.717, 1.165) is 46.5 Å². The van der Waals surface area contributed by atoms with Gasteiger partial charge in [0, 0.05) is 10.5 Å². The molecule has 8 heteroatoms. The molecule has 0 atom stereocenters. The molecule has 0 bridgehead atoms. The van der Waals surface area contributed by atoms with Crippen molar-refractivity contribution in [1.29, 1.82) is 0 Å². The van der Waals surface area contributed by atoms with E-state index in [4.69, 9.17) is 26.1 Å². The van der Waals surface area contributed by atoms with Crippen LogP contribution in [0.5, 0.6) is 11.5 Å². The lowest BCUT2D eigenvalue weighted by Gasteiger charge is -2.31. The zero-order valence-corrected chi connectivity index (χ0v) is 25.6. The molecule has 2 aromatic rings. The summed E-state index contributed by atoms with van der Waals surface area (Å²) in [5, 5.41) is 1.34. The molecule has 0 spiro atoms. The van der Waals surface area contributed by atoms with E-state index in [1.54, 1.807) is 0 Å². The Labute approximate surface area is 249 Å². The first-order chi connectivity index (χ1) is 19.0. The number of hydrogen-bond donors (Lipinski definition) is 0. The second kappa shape index (κ2) is 13.6. The molecule has 5 rings (SSSR count). The zero-order valence-electron chi connectivity index (χ0n) is 22.5. The molecule has 5 nitrogen and oxygen atoms in total. The molecule has 1 heterocycles. The van der Waals surface area contributed by atoms with E-state index in [0.29, 0.717) is 40.7 Å². The molecule has 3 aliphatic rings. The summed E-state index contributed by atoms with van der Waals surface area (Å²) in [6, 6.07) is 12.3. The smallest absolute Gasteiger partial charge is 0.266 e. The molecule has 0 radical (unpaired) electrons. The van der Waals surface area contributed by atoms with E-state index in [1.807, 2.05) is 54.3 Å². The van der Waals surface area contributed by atoms with Crippen molar-refractivity contribution in [2.24, 2.45) is 4.99 Å².